The first kappa shape index (κ1) is 10.0. The lowest BCUT2D eigenvalue weighted by Gasteiger charge is -2.27. The molecule has 72 valence electrons. The molecule has 1 unspecified atom stereocenters. The largest absolute Gasteiger partial charge is 0.363 e. The van der Waals surface area contributed by atoms with Crippen LogP contribution in [0.3, 0.4) is 0 Å². The number of ether oxygens (including phenoxy) is 1. The zero-order valence-corrected chi connectivity index (χ0v) is 8.31. The first-order valence-corrected chi connectivity index (χ1v) is 5.24. The Morgan fingerprint density at radius 1 is 1.33 bits per heavy atom. The van der Waals surface area contributed by atoms with Gasteiger partial charge in [0.15, 0.2) is 0 Å². The molecule has 2 heteroatoms. The maximum atomic E-state index is 5.60. The van der Waals surface area contributed by atoms with Gasteiger partial charge < -0.3 is 4.74 Å². The summed E-state index contributed by atoms with van der Waals surface area (Å²) in [4.78, 5) is 0. The van der Waals surface area contributed by atoms with Crippen LogP contribution in [0.5, 0.6) is 0 Å². The van der Waals surface area contributed by atoms with Gasteiger partial charge in [0.1, 0.15) is 6.23 Å². The van der Waals surface area contributed by atoms with E-state index < -0.39 is 0 Å². The molecule has 0 aromatic rings. The third-order valence-corrected chi connectivity index (χ3v) is 2.59. The maximum absolute atomic E-state index is 5.60. The van der Waals surface area contributed by atoms with E-state index in [1.54, 1.807) is 0 Å². The molecule has 0 saturated carbocycles. The molecule has 12 heavy (non-hydrogen) atoms. The Balaban J connectivity index is 2.18. The van der Waals surface area contributed by atoms with Crippen molar-refractivity contribution in [2.75, 3.05) is 6.61 Å². The summed E-state index contributed by atoms with van der Waals surface area (Å²) in [5.74, 6) is 0. The topological polar surface area (TPSA) is 21.3 Å². The highest BCUT2D eigenvalue weighted by atomic mass is 16.5. The minimum absolute atomic E-state index is 0.337. The fourth-order valence-corrected chi connectivity index (χ4v) is 1.66. The maximum Gasteiger partial charge on any atom is 0.108 e. The van der Waals surface area contributed by atoms with Crippen LogP contribution in [-0.2, 0) is 4.74 Å². The Morgan fingerprint density at radius 3 is 2.58 bits per heavy atom. The van der Waals surface area contributed by atoms with Crippen molar-refractivity contribution in [2.45, 2.75) is 58.2 Å². The van der Waals surface area contributed by atoms with Crippen molar-refractivity contribution in [3.63, 3.8) is 0 Å². The molecule has 1 N–H and O–H groups in total. The molecular weight excluding hydrogens is 150 g/mol. The number of nitrogens with one attached hydrogen (secondary N) is 1. The summed E-state index contributed by atoms with van der Waals surface area (Å²) >= 11 is 0. The van der Waals surface area contributed by atoms with Gasteiger partial charge >= 0.3 is 0 Å². The minimum Gasteiger partial charge on any atom is -0.363 e. The monoisotopic (exact) mass is 171 g/mol. The van der Waals surface area contributed by atoms with Crippen LogP contribution in [0.2, 0.25) is 0 Å². The number of rotatable bonds is 4. The Hall–Kier alpha value is -0.0800. The van der Waals surface area contributed by atoms with E-state index >= 15 is 0 Å². The van der Waals surface area contributed by atoms with E-state index in [-0.39, 0.29) is 0 Å². The van der Waals surface area contributed by atoms with Crippen molar-refractivity contribution in [1.82, 2.24) is 5.32 Å². The van der Waals surface area contributed by atoms with E-state index in [9.17, 15) is 0 Å². The smallest absolute Gasteiger partial charge is 0.108 e. The molecular formula is C10H21NO. The lowest BCUT2D eigenvalue weighted by molar-refractivity contribution is -0.0129. The van der Waals surface area contributed by atoms with Crippen LogP contribution in [0.4, 0.5) is 0 Å². The predicted molar refractivity (Wildman–Crippen MR) is 51.1 cm³/mol. The summed E-state index contributed by atoms with van der Waals surface area (Å²) < 4.78 is 5.60. The molecule has 1 aliphatic heterocycles. The second kappa shape index (κ2) is 5.55. The van der Waals surface area contributed by atoms with Crippen molar-refractivity contribution in [3.8, 4) is 0 Å². The Kier molecular flexibility index (Phi) is 4.62. The van der Waals surface area contributed by atoms with Gasteiger partial charge in [-0.15, -0.1) is 0 Å². The zero-order valence-electron chi connectivity index (χ0n) is 8.31. The van der Waals surface area contributed by atoms with Gasteiger partial charge in [0.2, 0.25) is 0 Å². The van der Waals surface area contributed by atoms with E-state index in [0.29, 0.717) is 12.3 Å². The van der Waals surface area contributed by atoms with Gasteiger partial charge in [-0.25, -0.2) is 0 Å². The van der Waals surface area contributed by atoms with Crippen LogP contribution in [0.15, 0.2) is 0 Å². The molecule has 1 aliphatic rings. The summed E-state index contributed by atoms with van der Waals surface area (Å²) in [5, 5.41) is 3.53. The van der Waals surface area contributed by atoms with Gasteiger partial charge in [-0.2, -0.15) is 0 Å². The molecule has 1 rings (SSSR count). The van der Waals surface area contributed by atoms with Gasteiger partial charge in [-0.1, -0.05) is 13.8 Å². The predicted octanol–water partition coefficient (Wildman–Crippen LogP) is 2.29. The summed E-state index contributed by atoms with van der Waals surface area (Å²) in [7, 11) is 0. The summed E-state index contributed by atoms with van der Waals surface area (Å²) in [6.45, 7) is 5.39. The van der Waals surface area contributed by atoms with Gasteiger partial charge in [-0.05, 0) is 32.1 Å². The van der Waals surface area contributed by atoms with Crippen molar-refractivity contribution < 1.29 is 4.74 Å². The molecule has 0 amide bonds. The highest BCUT2D eigenvalue weighted by molar-refractivity contribution is 4.68. The van der Waals surface area contributed by atoms with Gasteiger partial charge in [0.05, 0.1) is 0 Å². The minimum atomic E-state index is 0.337. The van der Waals surface area contributed by atoms with E-state index in [4.69, 9.17) is 4.74 Å². The fraction of sp³-hybridized carbons (Fsp3) is 1.00. The van der Waals surface area contributed by atoms with Crippen molar-refractivity contribution in [3.05, 3.63) is 0 Å². The van der Waals surface area contributed by atoms with E-state index in [0.717, 1.165) is 6.61 Å². The van der Waals surface area contributed by atoms with Gasteiger partial charge in [0, 0.05) is 12.6 Å². The molecule has 2 nitrogen and oxygen atoms in total. The highest BCUT2D eigenvalue weighted by Gasteiger charge is 2.15. The summed E-state index contributed by atoms with van der Waals surface area (Å²) in [6.07, 6.45) is 6.49. The van der Waals surface area contributed by atoms with E-state index in [1.807, 2.05) is 0 Å². The van der Waals surface area contributed by atoms with Crippen LogP contribution < -0.4 is 5.32 Å². The van der Waals surface area contributed by atoms with Gasteiger partial charge in [-0.3, -0.25) is 5.32 Å². The van der Waals surface area contributed by atoms with Crippen LogP contribution >= 0.6 is 0 Å². The summed E-state index contributed by atoms with van der Waals surface area (Å²) in [5.41, 5.74) is 0. The average molecular weight is 171 g/mol. The molecule has 0 spiro atoms. The van der Waals surface area contributed by atoms with Crippen molar-refractivity contribution in [2.24, 2.45) is 0 Å². The molecule has 0 aromatic carbocycles. The number of hydrogen-bond acceptors (Lipinski definition) is 2. The van der Waals surface area contributed by atoms with Crippen LogP contribution in [0, 0.1) is 0 Å². The van der Waals surface area contributed by atoms with E-state index in [2.05, 4.69) is 19.2 Å². The zero-order chi connectivity index (χ0) is 8.81. The van der Waals surface area contributed by atoms with Gasteiger partial charge in [0.25, 0.3) is 0 Å². The fourth-order valence-electron chi connectivity index (χ4n) is 1.66. The van der Waals surface area contributed by atoms with Crippen molar-refractivity contribution >= 4 is 0 Å². The Bertz CT molecular complexity index is 106. The third-order valence-electron chi connectivity index (χ3n) is 2.59. The number of hydrogen-bond donors (Lipinski definition) is 1. The standard InChI is InChI=1S/C10H21NO/c1-3-9(4-2)11-10-7-5-6-8-12-10/h9-11H,3-8H2,1-2H3. The lowest BCUT2D eigenvalue weighted by Crippen LogP contribution is -2.41. The molecule has 0 aliphatic carbocycles. The second-order valence-electron chi connectivity index (χ2n) is 3.54. The quantitative estimate of drug-likeness (QED) is 0.700. The molecule has 1 fully saturated rings. The molecule has 0 aromatic heterocycles. The van der Waals surface area contributed by atoms with Crippen LogP contribution in [0.1, 0.15) is 46.0 Å². The SMILES string of the molecule is CCC(CC)NC1CCCCO1. The highest BCUT2D eigenvalue weighted by Crippen LogP contribution is 2.12. The first-order chi connectivity index (χ1) is 5.86. The van der Waals surface area contributed by atoms with Crippen LogP contribution in [0.25, 0.3) is 0 Å². The molecule has 1 atom stereocenters. The third kappa shape index (κ3) is 3.11. The molecule has 0 bridgehead atoms. The average Bonchev–Trinajstić information content (AvgIpc) is 2.16. The lowest BCUT2D eigenvalue weighted by atomic mass is 10.1. The van der Waals surface area contributed by atoms with Crippen molar-refractivity contribution in [1.29, 1.82) is 0 Å². The molecule has 1 heterocycles. The molecule has 0 radical (unpaired) electrons. The second-order valence-corrected chi connectivity index (χ2v) is 3.54. The van der Waals surface area contributed by atoms with E-state index in [1.165, 1.54) is 32.1 Å². The van der Waals surface area contributed by atoms with Crippen LogP contribution in [-0.4, -0.2) is 18.9 Å². The summed E-state index contributed by atoms with van der Waals surface area (Å²) in [6, 6.07) is 0.646. The Labute approximate surface area is 75.7 Å². The first-order valence-electron chi connectivity index (χ1n) is 5.24. The normalized spacial score (nSPS) is 24.8. The Morgan fingerprint density at radius 2 is 2.08 bits per heavy atom. The molecule has 1 saturated heterocycles.